The van der Waals surface area contributed by atoms with E-state index in [4.69, 9.17) is 4.74 Å². The van der Waals surface area contributed by atoms with Crippen LogP contribution in [0.3, 0.4) is 0 Å². The lowest BCUT2D eigenvalue weighted by Gasteiger charge is -2.51. The molecule has 3 aliphatic rings. The fraction of sp³-hybridized carbons (Fsp3) is 1.00. The van der Waals surface area contributed by atoms with Gasteiger partial charge in [0.1, 0.15) is 0 Å². The van der Waals surface area contributed by atoms with Crippen LogP contribution in [-0.4, -0.2) is 36.2 Å². The third kappa shape index (κ3) is 1.49. The van der Waals surface area contributed by atoms with E-state index in [9.17, 15) is 0 Å². The second-order valence-electron chi connectivity index (χ2n) is 5.33. The fourth-order valence-electron chi connectivity index (χ4n) is 3.40. The standard InChI is InChI=1S/C12H21NO/c1-2-5-11(6-3-1)13-9-12(10-13)7-4-8-14-12/h11H,1-10H2. The predicted molar refractivity (Wildman–Crippen MR) is 56.4 cm³/mol. The molecule has 0 aromatic heterocycles. The van der Waals surface area contributed by atoms with Crippen LogP contribution in [0.1, 0.15) is 44.9 Å². The van der Waals surface area contributed by atoms with Crippen molar-refractivity contribution in [3.63, 3.8) is 0 Å². The molecule has 3 fully saturated rings. The summed E-state index contributed by atoms with van der Waals surface area (Å²) < 4.78 is 5.86. The number of rotatable bonds is 1. The van der Waals surface area contributed by atoms with Gasteiger partial charge >= 0.3 is 0 Å². The lowest BCUT2D eigenvalue weighted by Crippen LogP contribution is -2.64. The van der Waals surface area contributed by atoms with Crippen LogP contribution in [0, 0.1) is 0 Å². The summed E-state index contributed by atoms with van der Waals surface area (Å²) in [5.74, 6) is 0. The molecule has 2 nitrogen and oxygen atoms in total. The summed E-state index contributed by atoms with van der Waals surface area (Å²) >= 11 is 0. The number of likely N-dealkylation sites (tertiary alicyclic amines) is 1. The summed E-state index contributed by atoms with van der Waals surface area (Å²) in [4.78, 5) is 2.67. The van der Waals surface area contributed by atoms with Gasteiger partial charge in [0, 0.05) is 25.7 Å². The maximum atomic E-state index is 5.86. The molecule has 2 heterocycles. The molecule has 0 aromatic rings. The maximum Gasteiger partial charge on any atom is 0.0935 e. The Kier molecular flexibility index (Phi) is 2.29. The maximum absolute atomic E-state index is 5.86. The third-order valence-electron chi connectivity index (χ3n) is 4.26. The van der Waals surface area contributed by atoms with Gasteiger partial charge in [0.25, 0.3) is 0 Å². The van der Waals surface area contributed by atoms with Gasteiger partial charge in [-0.15, -0.1) is 0 Å². The molecule has 0 aromatic carbocycles. The van der Waals surface area contributed by atoms with Gasteiger partial charge in [-0.3, -0.25) is 4.90 Å². The fourth-order valence-corrected chi connectivity index (χ4v) is 3.40. The number of ether oxygens (including phenoxy) is 1. The zero-order valence-electron chi connectivity index (χ0n) is 9.00. The normalized spacial score (nSPS) is 33.4. The van der Waals surface area contributed by atoms with Gasteiger partial charge in [0.05, 0.1) is 5.60 Å². The summed E-state index contributed by atoms with van der Waals surface area (Å²) in [7, 11) is 0. The van der Waals surface area contributed by atoms with Crippen LogP contribution in [-0.2, 0) is 4.74 Å². The second-order valence-corrected chi connectivity index (χ2v) is 5.33. The van der Waals surface area contributed by atoms with Crippen molar-refractivity contribution in [3.8, 4) is 0 Å². The van der Waals surface area contributed by atoms with Gasteiger partial charge in [-0.1, -0.05) is 19.3 Å². The molecule has 1 spiro atoms. The summed E-state index contributed by atoms with van der Waals surface area (Å²) in [6.45, 7) is 3.48. The molecule has 14 heavy (non-hydrogen) atoms. The third-order valence-corrected chi connectivity index (χ3v) is 4.26. The van der Waals surface area contributed by atoms with Gasteiger partial charge < -0.3 is 4.74 Å². The highest BCUT2D eigenvalue weighted by Crippen LogP contribution is 2.38. The molecule has 0 atom stereocenters. The minimum atomic E-state index is 0.317. The molecule has 0 bridgehead atoms. The highest BCUT2D eigenvalue weighted by Gasteiger charge is 2.48. The van der Waals surface area contributed by atoms with Crippen molar-refractivity contribution in [2.75, 3.05) is 19.7 Å². The van der Waals surface area contributed by atoms with E-state index in [0.29, 0.717) is 5.60 Å². The molecule has 2 heteroatoms. The molecule has 2 aliphatic heterocycles. The number of hydrogen-bond donors (Lipinski definition) is 0. The topological polar surface area (TPSA) is 12.5 Å². The molecule has 80 valence electrons. The number of hydrogen-bond acceptors (Lipinski definition) is 2. The van der Waals surface area contributed by atoms with Crippen molar-refractivity contribution >= 4 is 0 Å². The summed E-state index contributed by atoms with van der Waals surface area (Å²) in [6, 6.07) is 0.901. The minimum absolute atomic E-state index is 0.317. The van der Waals surface area contributed by atoms with E-state index in [1.54, 1.807) is 0 Å². The molecule has 1 aliphatic carbocycles. The first-order chi connectivity index (χ1) is 6.88. The van der Waals surface area contributed by atoms with Crippen molar-refractivity contribution in [2.24, 2.45) is 0 Å². The Morgan fingerprint density at radius 2 is 1.79 bits per heavy atom. The van der Waals surface area contributed by atoms with Crippen LogP contribution in [0.2, 0.25) is 0 Å². The smallest absolute Gasteiger partial charge is 0.0935 e. The number of nitrogens with zero attached hydrogens (tertiary/aromatic N) is 1. The van der Waals surface area contributed by atoms with Crippen molar-refractivity contribution in [3.05, 3.63) is 0 Å². The average molecular weight is 195 g/mol. The summed E-state index contributed by atoms with van der Waals surface area (Å²) in [5, 5.41) is 0. The first kappa shape index (κ1) is 9.17. The molecule has 3 rings (SSSR count). The van der Waals surface area contributed by atoms with Gasteiger partial charge in [-0.25, -0.2) is 0 Å². The van der Waals surface area contributed by atoms with E-state index < -0.39 is 0 Å². The summed E-state index contributed by atoms with van der Waals surface area (Å²) in [6.07, 6.45) is 9.86. The lowest BCUT2D eigenvalue weighted by atomic mass is 9.85. The molecular weight excluding hydrogens is 174 g/mol. The van der Waals surface area contributed by atoms with E-state index in [0.717, 1.165) is 12.6 Å². The first-order valence-corrected chi connectivity index (χ1v) is 6.26. The SMILES string of the molecule is C1CCC(N2CC3(CCCO3)C2)CC1. The molecule has 2 saturated heterocycles. The molecule has 0 N–H and O–H groups in total. The minimum Gasteiger partial charge on any atom is -0.372 e. The highest BCUT2D eigenvalue weighted by molar-refractivity contribution is 5.02. The van der Waals surface area contributed by atoms with Crippen LogP contribution >= 0.6 is 0 Å². The van der Waals surface area contributed by atoms with Gasteiger partial charge in [-0.2, -0.15) is 0 Å². The highest BCUT2D eigenvalue weighted by atomic mass is 16.5. The Labute approximate surface area is 86.6 Å². The molecule has 0 amide bonds. The van der Waals surface area contributed by atoms with E-state index in [1.807, 2.05) is 0 Å². The predicted octanol–water partition coefficient (Wildman–Crippen LogP) is 2.18. The Morgan fingerprint density at radius 3 is 2.43 bits per heavy atom. The monoisotopic (exact) mass is 195 g/mol. The van der Waals surface area contributed by atoms with Gasteiger partial charge in [0.15, 0.2) is 0 Å². The molecular formula is C12H21NO. The van der Waals surface area contributed by atoms with Crippen LogP contribution in [0.15, 0.2) is 0 Å². The largest absolute Gasteiger partial charge is 0.372 e. The van der Waals surface area contributed by atoms with Crippen LogP contribution < -0.4 is 0 Å². The van der Waals surface area contributed by atoms with Crippen LogP contribution in [0.4, 0.5) is 0 Å². The van der Waals surface area contributed by atoms with Gasteiger partial charge in [0.2, 0.25) is 0 Å². The van der Waals surface area contributed by atoms with Crippen molar-refractivity contribution in [1.82, 2.24) is 4.90 Å². The van der Waals surface area contributed by atoms with E-state index in [1.165, 1.54) is 58.0 Å². The van der Waals surface area contributed by atoms with Crippen molar-refractivity contribution in [1.29, 1.82) is 0 Å². The van der Waals surface area contributed by atoms with E-state index in [-0.39, 0.29) is 0 Å². The Bertz CT molecular complexity index is 196. The van der Waals surface area contributed by atoms with Crippen molar-refractivity contribution in [2.45, 2.75) is 56.6 Å². The quantitative estimate of drug-likeness (QED) is 0.636. The Balaban J connectivity index is 1.52. The van der Waals surface area contributed by atoms with Crippen molar-refractivity contribution < 1.29 is 4.74 Å². The van der Waals surface area contributed by atoms with E-state index in [2.05, 4.69) is 4.90 Å². The molecule has 1 saturated carbocycles. The summed E-state index contributed by atoms with van der Waals surface area (Å²) in [5.41, 5.74) is 0.317. The second kappa shape index (κ2) is 3.49. The molecule has 0 unspecified atom stereocenters. The average Bonchev–Trinajstić information content (AvgIpc) is 2.65. The Hall–Kier alpha value is -0.0800. The Morgan fingerprint density at radius 1 is 1.00 bits per heavy atom. The van der Waals surface area contributed by atoms with Crippen LogP contribution in [0.25, 0.3) is 0 Å². The zero-order valence-corrected chi connectivity index (χ0v) is 9.00. The lowest BCUT2D eigenvalue weighted by molar-refractivity contribution is -0.130. The van der Waals surface area contributed by atoms with Gasteiger partial charge in [-0.05, 0) is 25.7 Å². The van der Waals surface area contributed by atoms with Crippen LogP contribution in [0.5, 0.6) is 0 Å². The zero-order chi connectivity index (χ0) is 9.43. The molecule has 0 radical (unpaired) electrons. The van der Waals surface area contributed by atoms with E-state index >= 15 is 0 Å². The first-order valence-electron chi connectivity index (χ1n) is 6.26.